The predicted octanol–water partition coefficient (Wildman–Crippen LogP) is 4.29. The number of rotatable bonds is 2. The van der Waals surface area contributed by atoms with E-state index < -0.39 is 18.8 Å². The number of nitrogens with one attached hydrogen (secondary N) is 2. The molecule has 20 heavy (non-hydrogen) atoms. The Morgan fingerprint density at radius 3 is 2.45 bits per heavy atom. The molecule has 0 aliphatic rings. The van der Waals surface area contributed by atoms with Gasteiger partial charge in [0.2, 0.25) is 0 Å². The zero-order valence-corrected chi connectivity index (χ0v) is 11.7. The lowest BCUT2D eigenvalue weighted by atomic mass is 10.1. The van der Waals surface area contributed by atoms with Crippen LogP contribution >= 0.6 is 15.9 Å². The molecule has 2 amide bonds. The van der Waals surface area contributed by atoms with Crippen molar-refractivity contribution in [3.05, 3.63) is 40.9 Å². The first-order valence-electron chi connectivity index (χ1n) is 5.64. The standard InChI is InChI=1S/C13H10BrF3N2O/c14-10-3-1-9-6-11(4-2-8(9)5-10)19-12(20)18-7-13(15,16)17/h1-6H,7H2,(H2,18,19,20). The topological polar surface area (TPSA) is 41.1 Å². The molecular weight excluding hydrogens is 337 g/mol. The number of halogens is 4. The average molecular weight is 347 g/mol. The molecule has 0 aromatic heterocycles. The number of alkyl halides is 3. The summed E-state index contributed by atoms with van der Waals surface area (Å²) >= 11 is 3.34. The number of hydrogen-bond donors (Lipinski definition) is 2. The number of hydrogen-bond acceptors (Lipinski definition) is 1. The molecule has 0 atom stereocenters. The van der Waals surface area contributed by atoms with E-state index in [9.17, 15) is 18.0 Å². The highest BCUT2D eigenvalue weighted by molar-refractivity contribution is 9.10. The molecule has 2 aromatic carbocycles. The van der Waals surface area contributed by atoms with Crippen molar-refractivity contribution in [3.8, 4) is 0 Å². The summed E-state index contributed by atoms with van der Waals surface area (Å²) in [7, 11) is 0. The minimum absolute atomic E-state index is 0.430. The van der Waals surface area contributed by atoms with Gasteiger partial charge in [-0.2, -0.15) is 13.2 Å². The molecule has 7 heteroatoms. The van der Waals surface area contributed by atoms with E-state index >= 15 is 0 Å². The van der Waals surface area contributed by atoms with E-state index in [2.05, 4.69) is 21.2 Å². The minimum atomic E-state index is -4.42. The van der Waals surface area contributed by atoms with Crippen molar-refractivity contribution in [3.63, 3.8) is 0 Å². The van der Waals surface area contributed by atoms with Crippen molar-refractivity contribution in [1.29, 1.82) is 0 Å². The quantitative estimate of drug-likeness (QED) is 0.836. The number of anilines is 1. The second-order valence-electron chi connectivity index (χ2n) is 4.13. The SMILES string of the molecule is O=C(NCC(F)(F)F)Nc1ccc2cc(Br)ccc2c1. The minimum Gasteiger partial charge on any atom is -0.329 e. The van der Waals surface area contributed by atoms with Crippen LogP contribution in [-0.4, -0.2) is 18.8 Å². The van der Waals surface area contributed by atoms with Crippen LogP contribution in [0.1, 0.15) is 0 Å². The maximum absolute atomic E-state index is 12.0. The zero-order valence-electron chi connectivity index (χ0n) is 10.1. The van der Waals surface area contributed by atoms with E-state index in [1.165, 1.54) is 0 Å². The van der Waals surface area contributed by atoms with E-state index in [4.69, 9.17) is 0 Å². The molecule has 0 fully saturated rings. The van der Waals surface area contributed by atoms with E-state index in [-0.39, 0.29) is 0 Å². The van der Waals surface area contributed by atoms with Crippen LogP contribution in [0.3, 0.4) is 0 Å². The van der Waals surface area contributed by atoms with E-state index in [1.54, 1.807) is 23.5 Å². The Hall–Kier alpha value is -1.76. The molecule has 0 spiro atoms. The molecule has 3 nitrogen and oxygen atoms in total. The number of fused-ring (bicyclic) bond motifs is 1. The van der Waals surface area contributed by atoms with Crippen LogP contribution in [-0.2, 0) is 0 Å². The van der Waals surface area contributed by atoms with Crippen molar-refractivity contribution in [2.45, 2.75) is 6.18 Å². The van der Waals surface area contributed by atoms with Crippen molar-refractivity contribution in [2.24, 2.45) is 0 Å². The van der Waals surface area contributed by atoms with Crippen LogP contribution in [0.2, 0.25) is 0 Å². The summed E-state index contributed by atoms with van der Waals surface area (Å²) in [4.78, 5) is 11.3. The number of benzene rings is 2. The lowest BCUT2D eigenvalue weighted by molar-refractivity contribution is -0.122. The van der Waals surface area contributed by atoms with Crippen molar-refractivity contribution < 1.29 is 18.0 Å². The van der Waals surface area contributed by atoms with Gasteiger partial charge in [0.05, 0.1) is 0 Å². The van der Waals surface area contributed by atoms with Crippen molar-refractivity contribution in [1.82, 2.24) is 5.32 Å². The Balaban J connectivity index is 2.06. The van der Waals surface area contributed by atoms with Crippen LogP contribution in [0, 0.1) is 0 Å². The first-order chi connectivity index (χ1) is 9.33. The Morgan fingerprint density at radius 1 is 1.10 bits per heavy atom. The van der Waals surface area contributed by atoms with Crippen molar-refractivity contribution >= 4 is 38.4 Å². The maximum atomic E-state index is 12.0. The fraction of sp³-hybridized carbons (Fsp3) is 0.154. The van der Waals surface area contributed by atoms with Crippen LogP contribution in [0.25, 0.3) is 10.8 Å². The fourth-order valence-corrected chi connectivity index (χ4v) is 2.03. The summed E-state index contributed by atoms with van der Waals surface area (Å²) in [6, 6.07) is 9.80. The summed E-state index contributed by atoms with van der Waals surface area (Å²) in [6.45, 7) is -1.36. The van der Waals surface area contributed by atoms with Gasteiger partial charge in [0.1, 0.15) is 6.54 Å². The monoisotopic (exact) mass is 346 g/mol. The highest BCUT2D eigenvalue weighted by Crippen LogP contribution is 2.23. The fourth-order valence-electron chi connectivity index (χ4n) is 1.65. The van der Waals surface area contributed by atoms with Gasteiger partial charge in [-0.3, -0.25) is 0 Å². The molecule has 0 saturated carbocycles. The molecule has 2 rings (SSSR count). The normalized spacial score (nSPS) is 11.4. The Morgan fingerprint density at radius 2 is 1.75 bits per heavy atom. The number of carbonyl (C=O) groups is 1. The van der Waals surface area contributed by atoms with Gasteiger partial charge in [-0.1, -0.05) is 28.1 Å². The zero-order chi connectivity index (χ0) is 14.8. The van der Waals surface area contributed by atoms with Crippen molar-refractivity contribution in [2.75, 3.05) is 11.9 Å². The second-order valence-corrected chi connectivity index (χ2v) is 5.04. The smallest absolute Gasteiger partial charge is 0.329 e. The highest BCUT2D eigenvalue weighted by Gasteiger charge is 2.27. The average Bonchev–Trinajstić information content (AvgIpc) is 2.36. The molecule has 0 radical (unpaired) electrons. The molecule has 2 N–H and O–H groups in total. The number of carbonyl (C=O) groups excluding carboxylic acids is 1. The third-order valence-electron chi connectivity index (χ3n) is 2.51. The Labute approximate surface area is 121 Å². The largest absolute Gasteiger partial charge is 0.405 e. The van der Waals surface area contributed by atoms with E-state index in [0.29, 0.717) is 5.69 Å². The molecule has 0 unspecified atom stereocenters. The van der Waals surface area contributed by atoms with Gasteiger partial charge >= 0.3 is 12.2 Å². The summed E-state index contributed by atoms with van der Waals surface area (Å²) in [5.74, 6) is 0. The highest BCUT2D eigenvalue weighted by atomic mass is 79.9. The van der Waals surface area contributed by atoms with Gasteiger partial charge in [-0.15, -0.1) is 0 Å². The third kappa shape index (κ3) is 4.12. The lowest BCUT2D eigenvalue weighted by Crippen LogP contribution is -2.36. The molecule has 0 aliphatic carbocycles. The Bertz CT molecular complexity index is 643. The molecule has 0 heterocycles. The maximum Gasteiger partial charge on any atom is 0.405 e. The molecule has 106 valence electrons. The van der Waals surface area contributed by atoms with Crippen LogP contribution in [0.5, 0.6) is 0 Å². The van der Waals surface area contributed by atoms with Gasteiger partial charge in [0.25, 0.3) is 0 Å². The summed E-state index contributed by atoms with van der Waals surface area (Å²) < 4.78 is 36.8. The summed E-state index contributed by atoms with van der Waals surface area (Å²) in [5.41, 5.74) is 0.430. The Kier molecular flexibility index (Phi) is 4.17. The van der Waals surface area contributed by atoms with Crippen LogP contribution < -0.4 is 10.6 Å². The second kappa shape index (κ2) is 5.70. The molecule has 0 saturated heterocycles. The molecule has 2 aromatic rings. The number of amides is 2. The van der Waals surface area contributed by atoms with Crippen LogP contribution in [0.15, 0.2) is 40.9 Å². The lowest BCUT2D eigenvalue weighted by Gasteiger charge is -2.10. The van der Waals surface area contributed by atoms with Gasteiger partial charge in [0.15, 0.2) is 0 Å². The van der Waals surface area contributed by atoms with Gasteiger partial charge in [-0.25, -0.2) is 4.79 Å². The van der Waals surface area contributed by atoms with Crippen LogP contribution in [0.4, 0.5) is 23.7 Å². The first-order valence-corrected chi connectivity index (χ1v) is 6.44. The predicted molar refractivity (Wildman–Crippen MR) is 74.7 cm³/mol. The van der Waals surface area contributed by atoms with Gasteiger partial charge < -0.3 is 10.6 Å². The summed E-state index contributed by atoms with van der Waals surface area (Å²) in [6.07, 6.45) is -4.42. The molecule has 0 aliphatic heterocycles. The number of urea groups is 1. The van der Waals surface area contributed by atoms with Gasteiger partial charge in [-0.05, 0) is 35.0 Å². The van der Waals surface area contributed by atoms with Gasteiger partial charge in [0, 0.05) is 10.2 Å². The molecular formula is C13H10BrF3N2O. The first kappa shape index (κ1) is 14.6. The summed E-state index contributed by atoms with van der Waals surface area (Å²) in [5, 5.41) is 5.94. The molecule has 0 bridgehead atoms. The third-order valence-corrected chi connectivity index (χ3v) is 3.00. The van der Waals surface area contributed by atoms with E-state index in [1.807, 2.05) is 18.2 Å². The van der Waals surface area contributed by atoms with E-state index in [0.717, 1.165) is 15.2 Å².